The molecule has 0 spiro atoms. The topological polar surface area (TPSA) is 59.0 Å². The summed E-state index contributed by atoms with van der Waals surface area (Å²) in [6, 6.07) is 5.02. The zero-order valence-corrected chi connectivity index (χ0v) is 12.1. The standard InChI is InChI=1S/C15H21NO4/c1-5-8-20-13-7-6-12(9-14(13)19-4)10-16(3)11(2)15(17)18/h5-7,9,11H,1,8,10H2,2-4H3,(H,17,18). The van der Waals surface area contributed by atoms with E-state index in [1.165, 1.54) is 0 Å². The number of hydrogen-bond donors (Lipinski definition) is 1. The Kier molecular flexibility index (Phi) is 6.06. The third kappa shape index (κ3) is 4.28. The van der Waals surface area contributed by atoms with Crippen molar-refractivity contribution >= 4 is 5.97 Å². The van der Waals surface area contributed by atoms with E-state index in [-0.39, 0.29) is 0 Å². The van der Waals surface area contributed by atoms with Gasteiger partial charge in [0.2, 0.25) is 0 Å². The fourth-order valence-corrected chi connectivity index (χ4v) is 1.69. The van der Waals surface area contributed by atoms with Gasteiger partial charge in [0.1, 0.15) is 12.6 Å². The molecule has 20 heavy (non-hydrogen) atoms. The lowest BCUT2D eigenvalue weighted by atomic mass is 10.1. The van der Waals surface area contributed by atoms with E-state index >= 15 is 0 Å². The molecule has 0 aliphatic heterocycles. The average Bonchev–Trinajstić information content (AvgIpc) is 2.44. The number of nitrogens with zero attached hydrogens (tertiary/aromatic N) is 1. The van der Waals surface area contributed by atoms with E-state index in [2.05, 4.69) is 6.58 Å². The molecule has 0 amide bonds. The van der Waals surface area contributed by atoms with Gasteiger partial charge in [-0.05, 0) is 31.7 Å². The lowest BCUT2D eigenvalue weighted by Gasteiger charge is -2.21. The number of hydrogen-bond acceptors (Lipinski definition) is 4. The van der Waals surface area contributed by atoms with Crippen LogP contribution in [0.5, 0.6) is 11.5 Å². The third-order valence-corrected chi connectivity index (χ3v) is 3.04. The molecule has 0 bridgehead atoms. The highest BCUT2D eigenvalue weighted by molar-refractivity contribution is 5.72. The highest BCUT2D eigenvalue weighted by Gasteiger charge is 2.17. The number of carboxylic acid groups (broad SMARTS) is 1. The van der Waals surface area contributed by atoms with E-state index in [0.717, 1.165) is 5.56 Å². The summed E-state index contributed by atoms with van der Waals surface area (Å²) < 4.78 is 10.8. The Morgan fingerprint density at radius 2 is 2.20 bits per heavy atom. The van der Waals surface area contributed by atoms with Crippen molar-refractivity contribution in [3.63, 3.8) is 0 Å². The van der Waals surface area contributed by atoms with Gasteiger partial charge in [-0.2, -0.15) is 0 Å². The number of benzene rings is 1. The van der Waals surface area contributed by atoms with Gasteiger partial charge in [-0.25, -0.2) is 0 Å². The van der Waals surface area contributed by atoms with Gasteiger partial charge in [0.05, 0.1) is 7.11 Å². The van der Waals surface area contributed by atoms with Crippen molar-refractivity contribution < 1.29 is 19.4 Å². The fourth-order valence-electron chi connectivity index (χ4n) is 1.69. The van der Waals surface area contributed by atoms with Gasteiger partial charge in [-0.15, -0.1) is 0 Å². The molecule has 1 rings (SSSR count). The number of rotatable bonds is 8. The maximum absolute atomic E-state index is 10.9. The Balaban J connectivity index is 2.82. The van der Waals surface area contributed by atoms with Gasteiger partial charge in [0.15, 0.2) is 11.5 Å². The summed E-state index contributed by atoms with van der Waals surface area (Å²) >= 11 is 0. The van der Waals surface area contributed by atoms with E-state index < -0.39 is 12.0 Å². The highest BCUT2D eigenvalue weighted by Crippen LogP contribution is 2.28. The summed E-state index contributed by atoms with van der Waals surface area (Å²) in [7, 11) is 3.34. The first-order valence-corrected chi connectivity index (χ1v) is 6.33. The molecule has 0 fully saturated rings. The van der Waals surface area contributed by atoms with E-state index in [1.54, 1.807) is 32.1 Å². The zero-order valence-electron chi connectivity index (χ0n) is 12.1. The Bertz CT molecular complexity index is 473. The molecule has 5 heteroatoms. The van der Waals surface area contributed by atoms with Crippen LogP contribution >= 0.6 is 0 Å². The Labute approximate surface area is 119 Å². The van der Waals surface area contributed by atoms with Crippen LogP contribution < -0.4 is 9.47 Å². The molecule has 0 heterocycles. The lowest BCUT2D eigenvalue weighted by molar-refractivity contribution is -0.142. The number of carboxylic acids is 1. The molecular formula is C15H21NO4. The van der Waals surface area contributed by atoms with Gasteiger partial charge >= 0.3 is 5.97 Å². The number of carbonyl (C=O) groups is 1. The summed E-state index contributed by atoms with van der Waals surface area (Å²) in [6.45, 7) is 6.18. The molecule has 0 aliphatic rings. The van der Waals surface area contributed by atoms with Crippen molar-refractivity contribution in [3.05, 3.63) is 36.4 Å². The fraction of sp³-hybridized carbons (Fsp3) is 0.400. The Morgan fingerprint density at radius 1 is 1.50 bits per heavy atom. The summed E-state index contributed by atoms with van der Waals surface area (Å²) in [4.78, 5) is 12.7. The van der Waals surface area contributed by atoms with Crippen molar-refractivity contribution in [2.24, 2.45) is 0 Å². The normalized spacial score (nSPS) is 12.0. The molecule has 1 atom stereocenters. The summed E-state index contributed by atoms with van der Waals surface area (Å²) in [5.41, 5.74) is 0.961. The summed E-state index contributed by atoms with van der Waals surface area (Å²) in [6.07, 6.45) is 1.66. The maximum atomic E-state index is 10.9. The van der Waals surface area contributed by atoms with Crippen molar-refractivity contribution in [1.29, 1.82) is 0 Å². The number of ether oxygens (including phenoxy) is 2. The Morgan fingerprint density at radius 3 is 2.75 bits per heavy atom. The SMILES string of the molecule is C=CCOc1ccc(CN(C)C(C)C(=O)O)cc1OC. The van der Waals surface area contributed by atoms with Crippen LogP contribution in [0.3, 0.4) is 0 Å². The minimum atomic E-state index is -0.842. The first-order chi connectivity index (χ1) is 9.49. The van der Waals surface area contributed by atoms with Crippen LogP contribution in [0.25, 0.3) is 0 Å². The van der Waals surface area contributed by atoms with Crippen LogP contribution in [0.4, 0.5) is 0 Å². The van der Waals surface area contributed by atoms with Gasteiger partial charge in [0.25, 0.3) is 0 Å². The van der Waals surface area contributed by atoms with Crippen molar-refractivity contribution in [2.75, 3.05) is 20.8 Å². The van der Waals surface area contributed by atoms with E-state index in [9.17, 15) is 4.79 Å². The molecule has 5 nitrogen and oxygen atoms in total. The average molecular weight is 279 g/mol. The molecule has 1 N–H and O–H groups in total. The molecular weight excluding hydrogens is 258 g/mol. The van der Waals surface area contributed by atoms with Crippen LogP contribution in [0.1, 0.15) is 12.5 Å². The quantitative estimate of drug-likeness (QED) is 0.739. The highest BCUT2D eigenvalue weighted by atomic mass is 16.5. The summed E-state index contributed by atoms with van der Waals surface area (Å²) in [5.74, 6) is 0.427. The minimum absolute atomic E-state index is 0.408. The van der Waals surface area contributed by atoms with E-state index in [4.69, 9.17) is 14.6 Å². The molecule has 110 valence electrons. The monoisotopic (exact) mass is 279 g/mol. The molecule has 0 saturated carbocycles. The van der Waals surface area contributed by atoms with E-state index in [0.29, 0.717) is 24.7 Å². The Hall–Kier alpha value is -2.01. The molecule has 0 aliphatic carbocycles. The van der Waals surface area contributed by atoms with Crippen LogP contribution in [0.15, 0.2) is 30.9 Å². The van der Waals surface area contributed by atoms with Crippen LogP contribution in [-0.4, -0.2) is 42.8 Å². The predicted molar refractivity (Wildman–Crippen MR) is 77.3 cm³/mol. The second-order valence-electron chi connectivity index (χ2n) is 4.51. The summed E-state index contributed by atoms with van der Waals surface area (Å²) in [5, 5.41) is 8.98. The number of likely N-dealkylation sites (N-methyl/N-ethyl adjacent to an activating group) is 1. The van der Waals surface area contributed by atoms with Gasteiger partial charge in [-0.1, -0.05) is 18.7 Å². The third-order valence-electron chi connectivity index (χ3n) is 3.04. The lowest BCUT2D eigenvalue weighted by Crippen LogP contribution is -2.35. The molecule has 0 aromatic heterocycles. The largest absolute Gasteiger partial charge is 0.493 e. The number of methoxy groups -OCH3 is 1. The van der Waals surface area contributed by atoms with Crippen molar-refractivity contribution in [1.82, 2.24) is 4.90 Å². The smallest absolute Gasteiger partial charge is 0.320 e. The van der Waals surface area contributed by atoms with Crippen molar-refractivity contribution in [2.45, 2.75) is 19.5 Å². The van der Waals surface area contributed by atoms with Gasteiger partial charge in [0, 0.05) is 6.54 Å². The molecule has 1 aromatic rings. The number of aliphatic carboxylic acids is 1. The van der Waals surface area contributed by atoms with Crippen LogP contribution in [0.2, 0.25) is 0 Å². The minimum Gasteiger partial charge on any atom is -0.493 e. The molecule has 0 radical (unpaired) electrons. The maximum Gasteiger partial charge on any atom is 0.320 e. The van der Waals surface area contributed by atoms with Gasteiger partial charge < -0.3 is 14.6 Å². The zero-order chi connectivity index (χ0) is 15.1. The van der Waals surface area contributed by atoms with Gasteiger partial charge in [-0.3, -0.25) is 9.69 Å². The van der Waals surface area contributed by atoms with Crippen molar-refractivity contribution in [3.8, 4) is 11.5 Å². The molecule has 1 aromatic carbocycles. The van der Waals surface area contributed by atoms with E-state index in [1.807, 2.05) is 18.2 Å². The second-order valence-corrected chi connectivity index (χ2v) is 4.51. The van der Waals surface area contributed by atoms with Crippen LogP contribution in [0, 0.1) is 0 Å². The molecule has 0 saturated heterocycles. The first kappa shape index (κ1) is 16.0. The molecule has 1 unspecified atom stereocenters. The second kappa shape index (κ2) is 7.55. The van der Waals surface area contributed by atoms with Crippen LogP contribution in [-0.2, 0) is 11.3 Å². The predicted octanol–water partition coefficient (Wildman–Crippen LogP) is 2.16. The first-order valence-electron chi connectivity index (χ1n) is 6.33.